The highest BCUT2D eigenvalue weighted by Gasteiger charge is 2.14. The number of hydrogen-bond acceptors (Lipinski definition) is 4. The van der Waals surface area contributed by atoms with Crippen molar-refractivity contribution in [2.45, 2.75) is 0 Å². The molecule has 0 aliphatic heterocycles. The second-order valence-electron chi connectivity index (χ2n) is 4.89. The number of aromatic nitrogens is 2. The zero-order valence-corrected chi connectivity index (χ0v) is 12.7. The predicted molar refractivity (Wildman–Crippen MR) is 85.5 cm³/mol. The molecule has 0 aliphatic carbocycles. The quantitative estimate of drug-likeness (QED) is 0.745. The molecule has 5 heteroatoms. The molecule has 0 saturated heterocycles. The van der Waals surface area contributed by atoms with E-state index in [9.17, 15) is 4.79 Å². The fourth-order valence-electron chi connectivity index (χ4n) is 2.44. The maximum Gasteiger partial charge on any atom is 0.277 e. The van der Waals surface area contributed by atoms with Gasteiger partial charge in [-0.1, -0.05) is 30.3 Å². The number of nitrogens with zero attached hydrogens (tertiary/aromatic N) is 2. The van der Waals surface area contributed by atoms with Gasteiger partial charge in [0.15, 0.2) is 11.5 Å². The van der Waals surface area contributed by atoms with Crippen LogP contribution >= 0.6 is 0 Å². The molecular weight excluding hydrogens is 280 g/mol. The molecule has 0 unspecified atom stereocenters. The molecule has 0 atom stereocenters. The monoisotopic (exact) mass is 296 g/mol. The molecule has 22 heavy (non-hydrogen) atoms. The summed E-state index contributed by atoms with van der Waals surface area (Å²) in [6, 6.07) is 13.0. The van der Waals surface area contributed by atoms with Gasteiger partial charge in [-0.2, -0.15) is 0 Å². The fourth-order valence-corrected chi connectivity index (χ4v) is 2.44. The first-order valence-corrected chi connectivity index (χ1v) is 6.84. The lowest BCUT2D eigenvalue weighted by atomic mass is 10.1. The minimum Gasteiger partial charge on any atom is -0.493 e. The molecule has 0 fully saturated rings. The number of ether oxygens (including phenoxy) is 2. The number of rotatable bonds is 3. The van der Waals surface area contributed by atoms with Gasteiger partial charge in [-0.15, -0.1) is 0 Å². The van der Waals surface area contributed by atoms with Crippen molar-refractivity contribution in [3.63, 3.8) is 0 Å². The first-order valence-electron chi connectivity index (χ1n) is 6.84. The molecule has 0 aliphatic rings. The summed E-state index contributed by atoms with van der Waals surface area (Å²) in [6.45, 7) is 0. The highest BCUT2D eigenvalue weighted by molar-refractivity contribution is 5.81. The van der Waals surface area contributed by atoms with Crippen LogP contribution in [0.2, 0.25) is 0 Å². The number of hydrogen-bond donors (Lipinski definition) is 0. The van der Waals surface area contributed by atoms with Gasteiger partial charge in [-0.05, 0) is 0 Å². The Morgan fingerprint density at radius 1 is 1.00 bits per heavy atom. The Bertz CT molecular complexity index is 886. The van der Waals surface area contributed by atoms with Gasteiger partial charge in [0.2, 0.25) is 0 Å². The fraction of sp³-hybridized carbons (Fsp3) is 0.176. The largest absolute Gasteiger partial charge is 0.493 e. The van der Waals surface area contributed by atoms with Crippen LogP contribution in [0, 0.1) is 0 Å². The second-order valence-corrected chi connectivity index (χ2v) is 4.89. The van der Waals surface area contributed by atoms with E-state index in [0.29, 0.717) is 28.2 Å². The molecule has 1 aromatic heterocycles. The summed E-state index contributed by atoms with van der Waals surface area (Å²) < 4.78 is 12.2. The molecule has 1 heterocycles. The molecular formula is C17H16N2O3. The molecule has 0 amide bonds. The van der Waals surface area contributed by atoms with Gasteiger partial charge in [-0.3, -0.25) is 4.79 Å². The number of methoxy groups -OCH3 is 2. The number of benzene rings is 2. The summed E-state index contributed by atoms with van der Waals surface area (Å²) in [7, 11) is 4.86. The van der Waals surface area contributed by atoms with E-state index in [1.54, 1.807) is 38.0 Å². The van der Waals surface area contributed by atoms with E-state index < -0.39 is 0 Å². The van der Waals surface area contributed by atoms with Gasteiger partial charge in [0.25, 0.3) is 5.56 Å². The topological polar surface area (TPSA) is 53.3 Å². The normalized spacial score (nSPS) is 10.7. The Hall–Kier alpha value is -2.82. The lowest BCUT2D eigenvalue weighted by molar-refractivity contribution is 0.355. The first-order chi connectivity index (χ1) is 10.7. The van der Waals surface area contributed by atoms with Gasteiger partial charge in [-0.25, -0.2) is 4.98 Å². The molecule has 0 saturated carbocycles. The lowest BCUT2D eigenvalue weighted by Crippen LogP contribution is -2.20. The van der Waals surface area contributed by atoms with Crippen molar-refractivity contribution in [2.24, 2.45) is 7.05 Å². The smallest absolute Gasteiger partial charge is 0.277 e. The zero-order valence-electron chi connectivity index (χ0n) is 12.7. The summed E-state index contributed by atoms with van der Waals surface area (Å²) in [5, 5.41) is 0. The van der Waals surface area contributed by atoms with Crippen molar-refractivity contribution in [3.05, 3.63) is 52.8 Å². The van der Waals surface area contributed by atoms with Crippen LogP contribution in [0.25, 0.3) is 22.3 Å². The van der Waals surface area contributed by atoms with Crippen LogP contribution in [-0.2, 0) is 7.05 Å². The summed E-state index contributed by atoms with van der Waals surface area (Å²) in [6.07, 6.45) is 0. The maximum atomic E-state index is 12.6. The number of fused-ring (bicyclic) bond motifs is 1. The Labute approximate surface area is 127 Å². The van der Waals surface area contributed by atoms with E-state index in [4.69, 9.17) is 9.47 Å². The highest BCUT2D eigenvalue weighted by Crippen LogP contribution is 2.31. The van der Waals surface area contributed by atoms with E-state index in [-0.39, 0.29) is 5.56 Å². The Morgan fingerprint density at radius 2 is 1.64 bits per heavy atom. The lowest BCUT2D eigenvalue weighted by Gasteiger charge is -2.12. The van der Waals surface area contributed by atoms with Gasteiger partial charge in [0.05, 0.1) is 25.3 Å². The van der Waals surface area contributed by atoms with Crippen LogP contribution in [0.15, 0.2) is 47.3 Å². The van der Waals surface area contributed by atoms with E-state index in [0.717, 1.165) is 5.56 Å². The van der Waals surface area contributed by atoms with Crippen molar-refractivity contribution in [1.29, 1.82) is 0 Å². The van der Waals surface area contributed by atoms with E-state index in [2.05, 4.69) is 4.98 Å². The van der Waals surface area contributed by atoms with Crippen LogP contribution in [-0.4, -0.2) is 23.8 Å². The third-order valence-electron chi connectivity index (χ3n) is 3.63. The third-order valence-corrected chi connectivity index (χ3v) is 3.63. The summed E-state index contributed by atoms with van der Waals surface area (Å²) in [5.41, 5.74) is 2.44. The van der Waals surface area contributed by atoms with Crippen molar-refractivity contribution >= 4 is 11.0 Å². The highest BCUT2D eigenvalue weighted by atomic mass is 16.5. The Morgan fingerprint density at radius 3 is 2.27 bits per heavy atom. The molecule has 2 aromatic carbocycles. The van der Waals surface area contributed by atoms with E-state index >= 15 is 0 Å². The summed E-state index contributed by atoms with van der Waals surface area (Å²) in [5.74, 6) is 1.15. The van der Waals surface area contributed by atoms with Gasteiger partial charge in [0, 0.05) is 24.7 Å². The molecule has 0 radical (unpaired) electrons. The van der Waals surface area contributed by atoms with Crippen molar-refractivity contribution in [1.82, 2.24) is 9.55 Å². The van der Waals surface area contributed by atoms with Crippen molar-refractivity contribution in [3.8, 4) is 22.8 Å². The third kappa shape index (κ3) is 2.20. The Balaban J connectivity index is 2.34. The second kappa shape index (κ2) is 5.52. The summed E-state index contributed by atoms with van der Waals surface area (Å²) in [4.78, 5) is 17.1. The average Bonchev–Trinajstić information content (AvgIpc) is 2.57. The van der Waals surface area contributed by atoms with Crippen LogP contribution in [0.1, 0.15) is 0 Å². The molecule has 3 aromatic rings. The minimum atomic E-state index is -0.147. The van der Waals surface area contributed by atoms with Crippen LogP contribution < -0.4 is 15.0 Å². The SMILES string of the molecule is COc1cc2nc(-c3ccccc3)c(=O)n(C)c2cc1OC. The molecule has 0 bridgehead atoms. The molecule has 112 valence electrons. The van der Waals surface area contributed by atoms with Gasteiger partial charge >= 0.3 is 0 Å². The standard InChI is InChI=1S/C17H16N2O3/c1-19-13-10-15(22-3)14(21-2)9-12(13)18-16(17(19)20)11-7-5-4-6-8-11/h4-10H,1-3H3. The van der Waals surface area contributed by atoms with Gasteiger partial charge in [0.1, 0.15) is 5.69 Å². The summed E-state index contributed by atoms with van der Waals surface area (Å²) >= 11 is 0. The average molecular weight is 296 g/mol. The molecule has 0 N–H and O–H groups in total. The minimum absolute atomic E-state index is 0.147. The van der Waals surface area contributed by atoms with Crippen LogP contribution in [0.4, 0.5) is 0 Å². The Kier molecular flexibility index (Phi) is 3.55. The molecule has 3 rings (SSSR count). The number of aryl methyl sites for hydroxylation is 1. The van der Waals surface area contributed by atoms with Crippen molar-refractivity contribution in [2.75, 3.05) is 14.2 Å². The van der Waals surface area contributed by atoms with Crippen LogP contribution in [0.5, 0.6) is 11.5 Å². The molecule has 0 spiro atoms. The first kappa shape index (κ1) is 14.1. The zero-order chi connectivity index (χ0) is 15.7. The van der Waals surface area contributed by atoms with Crippen LogP contribution in [0.3, 0.4) is 0 Å². The van der Waals surface area contributed by atoms with E-state index in [1.807, 2.05) is 30.3 Å². The van der Waals surface area contributed by atoms with Crippen molar-refractivity contribution < 1.29 is 9.47 Å². The maximum absolute atomic E-state index is 12.6. The molecule has 5 nitrogen and oxygen atoms in total. The van der Waals surface area contributed by atoms with E-state index in [1.165, 1.54) is 0 Å². The predicted octanol–water partition coefficient (Wildman–Crippen LogP) is 2.62. The van der Waals surface area contributed by atoms with Gasteiger partial charge < -0.3 is 14.0 Å².